The summed E-state index contributed by atoms with van der Waals surface area (Å²) in [7, 11) is 0. The van der Waals surface area contributed by atoms with Gasteiger partial charge in [0.25, 0.3) is 0 Å². The first-order valence-electron chi connectivity index (χ1n) is 5.53. The van der Waals surface area contributed by atoms with Crippen LogP contribution in [-0.2, 0) is 19.1 Å². The highest BCUT2D eigenvalue weighted by Gasteiger charge is 2.71. The van der Waals surface area contributed by atoms with Gasteiger partial charge in [0.05, 0.1) is 13.2 Å². The van der Waals surface area contributed by atoms with Gasteiger partial charge in [-0.25, -0.2) is 9.59 Å². The summed E-state index contributed by atoms with van der Waals surface area (Å²) >= 11 is 0. The second-order valence-electron chi connectivity index (χ2n) is 3.51. The lowest BCUT2D eigenvalue weighted by Gasteiger charge is -2.24. The average molecular weight is 285 g/mol. The Labute approximate surface area is 107 Å². The molecular formula is C10H14F3NO5. The fourth-order valence-corrected chi connectivity index (χ4v) is 1.09. The molecular weight excluding hydrogens is 271 g/mol. The molecule has 0 heterocycles. The fourth-order valence-electron chi connectivity index (χ4n) is 1.09. The number of ether oxygens (including phenoxy) is 2. The molecule has 0 fully saturated rings. The van der Waals surface area contributed by atoms with Crippen LogP contribution in [0.3, 0.4) is 0 Å². The molecule has 0 saturated carbocycles. The van der Waals surface area contributed by atoms with Gasteiger partial charge in [-0.15, -0.1) is 4.91 Å². The van der Waals surface area contributed by atoms with Gasteiger partial charge in [-0.3, -0.25) is 0 Å². The minimum atomic E-state index is -5.52. The number of alkyl halides is 3. The zero-order valence-corrected chi connectivity index (χ0v) is 10.5. The standard InChI is InChI=1S/C10H14F3NO5/c1-3-5-6-19-8(16)9(14-17,10(11,12)13)7(15)18-4-2/h3-6H2,1-2H3. The van der Waals surface area contributed by atoms with Gasteiger partial charge in [-0.2, -0.15) is 13.2 Å². The Bertz CT molecular complexity index is 345. The average Bonchev–Trinajstić information content (AvgIpc) is 2.29. The number of carbonyl (C=O) groups is 2. The van der Waals surface area contributed by atoms with Crippen molar-refractivity contribution < 1.29 is 32.2 Å². The third-order valence-corrected chi connectivity index (χ3v) is 2.14. The van der Waals surface area contributed by atoms with E-state index in [1.165, 1.54) is 6.92 Å². The number of nitrogens with zero attached hydrogens (tertiary/aromatic N) is 1. The van der Waals surface area contributed by atoms with Crippen LogP contribution in [0.2, 0.25) is 0 Å². The van der Waals surface area contributed by atoms with Crippen LogP contribution < -0.4 is 0 Å². The molecule has 0 amide bonds. The molecule has 0 N–H and O–H groups in total. The summed E-state index contributed by atoms with van der Waals surface area (Å²) in [5, 5.41) is 1.66. The van der Waals surface area contributed by atoms with Crippen LogP contribution in [-0.4, -0.2) is 36.9 Å². The SMILES string of the molecule is CCCCOC(=O)C(N=O)(C(=O)OCC)C(F)(F)F. The van der Waals surface area contributed by atoms with Crippen molar-refractivity contribution in [1.29, 1.82) is 0 Å². The predicted molar refractivity (Wildman–Crippen MR) is 57.1 cm³/mol. The van der Waals surface area contributed by atoms with Gasteiger partial charge < -0.3 is 9.47 Å². The van der Waals surface area contributed by atoms with Gasteiger partial charge in [0, 0.05) is 0 Å². The van der Waals surface area contributed by atoms with Crippen molar-refractivity contribution in [3.8, 4) is 0 Å². The Kier molecular flexibility index (Phi) is 6.43. The van der Waals surface area contributed by atoms with E-state index in [1.54, 1.807) is 12.1 Å². The summed E-state index contributed by atoms with van der Waals surface area (Å²) in [4.78, 5) is 33.2. The lowest BCUT2D eigenvalue weighted by molar-refractivity contribution is -0.215. The van der Waals surface area contributed by atoms with E-state index in [2.05, 4.69) is 9.47 Å². The molecule has 19 heavy (non-hydrogen) atoms. The van der Waals surface area contributed by atoms with Crippen molar-refractivity contribution >= 4 is 11.9 Å². The summed E-state index contributed by atoms with van der Waals surface area (Å²) < 4.78 is 46.8. The number of halogens is 3. The Morgan fingerprint density at radius 3 is 2.00 bits per heavy atom. The zero-order chi connectivity index (χ0) is 15.1. The number of nitroso groups, excluding NO2 is 1. The highest BCUT2D eigenvalue weighted by Crippen LogP contribution is 2.36. The van der Waals surface area contributed by atoms with Gasteiger partial charge in [0.15, 0.2) is 0 Å². The number of hydrogen-bond acceptors (Lipinski definition) is 6. The Balaban J connectivity index is 5.31. The predicted octanol–water partition coefficient (Wildman–Crippen LogP) is 1.96. The highest BCUT2D eigenvalue weighted by atomic mass is 19.4. The molecule has 0 rings (SSSR count). The zero-order valence-electron chi connectivity index (χ0n) is 10.5. The van der Waals surface area contributed by atoms with Crippen LogP contribution in [0.15, 0.2) is 5.18 Å². The normalized spacial score (nSPS) is 14.4. The van der Waals surface area contributed by atoms with Gasteiger partial charge in [-0.05, 0) is 18.5 Å². The summed E-state index contributed by atoms with van der Waals surface area (Å²) in [6, 6.07) is 0. The number of esters is 2. The molecule has 0 saturated heterocycles. The lowest BCUT2D eigenvalue weighted by atomic mass is 10.0. The van der Waals surface area contributed by atoms with Crippen LogP contribution in [0.25, 0.3) is 0 Å². The molecule has 0 aliphatic carbocycles. The number of unbranched alkanes of at least 4 members (excludes halogenated alkanes) is 1. The summed E-state index contributed by atoms with van der Waals surface area (Å²) in [6.45, 7) is 2.16. The Morgan fingerprint density at radius 1 is 1.11 bits per heavy atom. The maximum atomic E-state index is 12.8. The van der Waals surface area contributed by atoms with Crippen molar-refractivity contribution in [2.45, 2.75) is 38.4 Å². The minimum absolute atomic E-state index is 0.293. The topological polar surface area (TPSA) is 82.0 Å². The Morgan fingerprint density at radius 2 is 1.63 bits per heavy atom. The van der Waals surface area contributed by atoms with E-state index in [0.29, 0.717) is 12.8 Å². The number of hydrogen-bond donors (Lipinski definition) is 0. The van der Waals surface area contributed by atoms with Gasteiger partial charge in [0.1, 0.15) is 0 Å². The number of rotatable bonds is 7. The Hall–Kier alpha value is -1.67. The van der Waals surface area contributed by atoms with Gasteiger partial charge in [0.2, 0.25) is 0 Å². The molecule has 9 heteroatoms. The molecule has 6 nitrogen and oxygen atoms in total. The molecule has 0 aliphatic heterocycles. The number of carbonyl (C=O) groups excluding carboxylic acids is 2. The second kappa shape index (κ2) is 7.05. The van der Waals surface area contributed by atoms with Crippen molar-refractivity contribution in [2.75, 3.05) is 13.2 Å². The van der Waals surface area contributed by atoms with Gasteiger partial charge >= 0.3 is 23.7 Å². The smallest absolute Gasteiger partial charge is 0.439 e. The van der Waals surface area contributed by atoms with Crippen LogP contribution in [0.1, 0.15) is 26.7 Å². The summed E-state index contributed by atoms with van der Waals surface area (Å²) in [6.07, 6.45) is -4.67. The van der Waals surface area contributed by atoms with E-state index in [-0.39, 0.29) is 6.61 Å². The molecule has 0 radical (unpaired) electrons. The highest BCUT2D eigenvalue weighted by molar-refractivity contribution is 6.06. The second-order valence-corrected chi connectivity index (χ2v) is 3.51. The molecule has 0 aliphatic rings. The van der Waals surface area contributed by atoms with Crippen molar-refractivity contribution in [3.63, 3.8) is 0 Å². The van der Waals surface area contributed by atoms with Crippen LogP contribution in [0, 0.1) is 4.91 Å². The molecule has 110 valence electrons. The first-order chi connectivity index (χ1) is 8.77. The fraction of sp³-hybridized carbons (Fsp3) is 0.800. The van der Waals surface area contributed by atoms with Crippen LogP contribution >= 0.6 is 0 Å². The maximum absolute atomic E-state index is 12.8. The molecule has 0 aromatic rings. The monoisotopic (exact) mass is 285 g/mol. The quantitative estimate of drug-likeness (QED) is 0.309. The third-order valence-electron chi connectivity index (χ3n) is 2.14. The molecule has 0 spiro atoms. The molecule has 1 unspecified atom stereocenters. The van der Waals surface area contributed by atoms with E-state index in [1.807, 2.05) is 0 Å². The summed E-state index contributed by atoms with van der Waals surface area (Å²) in [5.41, 5.74) is -4.16. The van der Waals surface area contributed by atoms with Gasteiger partial charge in [-0.1, -0.05) is 13.3 Å². The molecule has 0 aromatic carbocycles. The van der Waals surface area contributed by atoms with E-state index in [9.17, 15) is 27.7 Å². The van der Waals surface area contributed by atoms with Crippen molar-refractivity contribution in [1.82, 2.24) is 0 Å². The first kappa shape index (κ1) is 17.3. The van der Waals surface area contributed by atoms with E-state index in [0.717, 1.165) is 0 Å². The van der Waals surface area contributed by atoms with E-state index < -0.39 is 30.3 Å². The summed E-state index contributed by atoms with van der Waals surface area (Å²) in [5.74, 6) is -4.15. The van der Waals surface area contributed by atoms with Crippen molar-refractivity contribution in [2.24, 2.45) is 5.18 Å². The molecule has 0 aromatic heterocycles. The maximum Gasteiger partial charge on any atom is 0.439 e. The van der Waals surface area contributed by atoms with Crippen LogP contribution in [0.4, 0.5) is 13.2 Å². The molecule has 1 atom stereocenters. The largest absolute Gasteiger partial charge is 0.463 e. The minimum Gasteiger partial charge on any atom is -0.463 e. The first-order valence-corrected chi connectivity index (χ1v) is 5.53. The van der Waals surface area contributed by atoms with E-state index >= 15 is 0 Å². The lowest BCUT2D eigenvalue weighted by Crippen LogP contribution is -2.58. The van der Waals surface area contributed by atoms with Crippen LogP contribution in [0.5, 0.6) is 0 Å². The third kappa shape index (κ3) is 3.65. The molecule has 0 bridgehead atoms. The van der Waals surface area contributed by atoms with E-state index in [4.69, 9.17) is 0 Å². The van der Waals surface area contributed by atoms with Crippen molar-refractivity contribution in [3.05, 3.63) is 4.91 Å².